The molecule has 0 aromatic heterocycles. The Morgan fingerprint density at radius 2 is 2.19 bits per heavy atom. The number of cyclic esters (lactones) is 1. The van der Waals surface area contributed by atoms with Crippen molar-refractivity contribution in [1.82, 2.24) is 5.48 Å². The number of benzene rings is 1. The van der Waals surface area contributed by atoms with Crippen LogP contribution < -0.4 is 10.2 Å². The lowest BCUT2D eigenvalue weighted by Crippen LogP contribution is -2.32. The number of fused-ring (bicyclic) bond motifs is 1. The normalized spacial score (nSPS) is 15.0. The molecule has 2 rings (SSSR count). The molecule has 0 saturated heterocycles. The van der Waals surface area contributed by atoms with Gasteiger partial charge < -0.3 is 24.5 Å². The second-order valence-electron chi connectivity index (χ2n) is 6.30. The van der Waals surface area contributed by atoms with Crippen molar-refractivity contribution in [2.45, 2.75) is 46.3 Å². The third kappa shape index (κ3) is 4.17. The molecule has 1 aliphatic heterocycles. The van der Waals surface area contributed by atoms with Crippen molar-refractivity contribution in [2.75, 3.05) is 20.3 Å². The summed E-state index contributed by atoms with van der Waals surface area (Å²) in [4.78, 5) is 17.1. The van der Waals surface area contributed by atoms with Crippen LogP contribution in [0.5, 0.6) is 11.5 Å². The van der Waals surface area contributed by atoms with Crippen molar-refractivity contribution < 1.29 is 29.3 Å². The largest absolute Gasteiger partial charge is 0.507 e. The molecule has 1 aliphatic rings. The number of phenols is 1. The maximum absolute atomic E-state index is 11.9. The second-order valence-corrected chi connectivity index (χ2v) is 6.30. The molecular formula is C19H27NO6. The maximum Gasteiger partial charge on any atom is 0.342 e. The van der Waals surface area contributed by atoms with Crippen LogP contribution in [0.2, 0.25) is 0 Å². The van der Waals surface area contributed by atoms with Gasteiger partial charge in [0.25, 0.3) is 0 Å². The number of carbonyl (C=O) groups excluding carboxylic acids is 1. The van der Waals surface area contributed by atoms with Gasteiger partial charge in [-0.3, -0.25) is 0 Å². The molecule has 1 atom stereocenters. The van der Waals surface area contributed by atoms with Crippen molar-refractivity contribution in [2.24, 2.45) is 0 Å². The van der Waals surface area contributed by atoms with E-state index in [0.29, 0.717) is 36.3 Å². The minimum absolute atomic E-state index is 0.0520. The Morgan fingerprint density at radius 3 is 2.81 bits per heavy atom. The SMILES string of the molecule is CCONC(CO)C/C(C)=C/Cc1c(O)c2c(c(C)c1OC)COC2=O. The van der Waals surface area contributed by atoms with Gasteiger partial charge in [-0.15, -0.1) is 0 Å². The lowest BCUT2D eigenvalue weighted by molar-refractivity contribution is 0.00935. The number of hydroxylamine groups is 1. The molecule has 7 nitrogen and oxygen atoms in total. The van der Waals surface area contributed by atoms with Crippen molar-refractivity contribution in [3.63, 3.8) is 0 Å². The topological polar surface area (TPSA) is 97.2 Å². The Balaban J connectivity index is 2.25. The van der Waals surface area contributed by atoms with Crippen LogP contribution in [0.1, 0.15) is 47.3 Å². The average molecular weight is 365 g/mol. The third-order valence-corrected chi connectivity index (χ3v) is 4.49. The van der Waals surface area contributed by atoms with E-state index in [1.807, 2.05) is 26.8 Å². The summed E-state index contributed by atoms with van der Waals surface area (Å²) in [5.41, 5.74) is 6.09. The van der Waals surface area contributed by atoms with E-state index in [-0.39, 0.29) is 30.6 Å². The highest BCUT2D eigenvalue weighted by Gasteiger charge is 2.31. The minimum atomic E-state index is -0.508. The number of methoxy groups -OCH3 is 1. The van der Waals surface area contributed by atoms with Gasteiger partial charge in [0.1, 0.15) is 23.7 Å². The Bertz CT molecular complexity index is 698. The fraction of sp³-hybridized carbons (Fsp3) is 0.526. The van der Waals surface area contributed by atoms with E-state index >= 15 is 0 Å². The standard InChI is InChI=1S/C19H27NO6/c1-5-26-20-13(9-21)8-11(2)6-7-14-17(22)16-15(10-25-19(16)23)12(3)18(14)24-4/h6,13,20-22H,5,7-10H2,1-4H3/b11-6+. The van der Waals surface area contributed by atoms with E-state index in [1.165, 1.54) is 0 Å². The zero-order valence-corrected chi connectivity index (χ0v) is 15.7. The number of hydrogen-bond donors (Lipinski definition) is 3. The van der Waals surface area contributed by atoms with Gasteiger partial charge in [-0.25, -0.2) is 4.79 Å². The number of phenolic OH excluding ortho intramolecular Hbond substituents is 1. The van der Waals surface area contributed by atoms with E-state index in [1.54, 1.807) is 7.11 Å². The van der Waals surface area contributed by atoms with Gasteiger partial charge >= 0.3 is 5.97 Å². The molecule has 1 heterocycles. The van der Waals surface area contributed by atoms with E-state index in [0.717, 1.165) is 11.1 Å². The highest BCUT2D eigenvalue weighted by Crippen LogP contribution is 2.42. The highest BCUT2D eigenvalue weighted by molar-refractivity contribution is 5.98. The summed E-state index contributed by atoms with van der Waals surface area (Å²) < 4.78 is 10.5. The van der Waals surface area contributed by atoms with Gasteiger partial charge in [-0.1, -0.05) is 11.6 Å². The molecule has 0 spiro atoms. The number of hydrogen-bond acceptors (Lipinski definition) is 7. The van der Waals surface area contributed by atoms with Crippen LogP contribution in [0.4, 0.5) is 0 Å². The number of aliphatic hydroxyl groups excluding tert-OH is 1. The molecule has 0 saturated carbocycles. The van der Waals surface area contributed by atoms with Gasteiger partial charge in [0, 0.05) is 11.1 Å². The average Bonchev–Trinajstić information content (AvgIpc) is 3.02. The number of allylic oxidation sites excluding steroid dienone is 1. The summed E-state index contributed by atoms with van der Waals surface area (Å²) in [5.74, 6) is -0.0265. The summed E-state index contributed by atoms with van der Waals surface area (Å²) in [7, 11) is 1.54. The summed E-state index contributed by atoms with van der Waals surface area (Å²) >= 11 is 0. The molecule has 0 amide bonds. The van der Waals surface area contributed by atoms with Gasteiger partial charge in [0.2, 0.25) is 0 Å². The van der Waals surface area contributed by atoms with Crippen molar-refractivity contribution in [3.8, 4) is 11.5 Å². The molecule has 0 aliphatic carbocycles. The molecule has 1 aromatic carbocycles. The Hall–Kier alpha value is -2.09. The van der Waals surface area contributed by atoms with Gasteiger partial charge in [0.05, 0.1) is 26.4 Å². The molecule has 0 bridgehead atoms. The third-order valence-electron chi connectivity index (χ3n) is 4.49. The zero-order chi connectivity index (χ0) is 19.3. The zero-order valence-electron chi connectivity index (χ0n) is 15.7. The summed E-state index contributed by atoms with van der Waals surface area (Å²) in [6.45, 7) is 6.26. The number of aromatic hydroxyl groups is 1. The molecule has 7 heteroatoms. The Morgan fingerprint density at radius 1 is 1.46 bits per heavy atom. The smallest absolute Gasteiger partial charge is 0.342 e. The fourth-order valence-electron chi connectivity index (χ4n) is 3.12. The first kappa shape index (κ1) is 20.2. The van der Waals surface area contributed by atoms with Gasteiger partial charge in [0.15, 0.2) is 0 Å². The number of nitrogens with one attached hydrogen (secondary N) is 1. The van der Waals surface area contributed by atoms with Crippen LogP contribution in [-0.2, 0) is 22.6 Å². The van der Waals surface area contributed by atoms with Crippen LogP contribution in [-0.4, -0.2) is 42.5 Å². The monoisotopic (exact) mass is 365 g/mol. The molecule has 3 N–H and O–H groups in total. The quantitative estimate of drug-likeness (QED) is 0.350. The van der Waals surface area contributed by atoms with E-state index in [2.05, 4.69) is 5.48 Å². The van der Waals surface area contributed by atoms with Crippen LogP contribution in [0.25, 0.3) is 0 Å². The van der Waals surface area contributed by atoms with Crippen LogP contribution in [0, 0.1) is 6.92 Å². The lowest BCUT2D eigenvalue weighted by Gasteiger charge is -2.17. The summed E-state index contributed by atoms with van der Waals surface area (Å²) in [5, 5.41) is 20.0. The molecular weight excluding hydrogens is 338 g/mol. The molecule has 1 aromatic rings. The lowest BCUT2D eigenvalue weighted by atomic mass is 9.94. The van der Waals surface area contributed by atoms with Crippen LogP contribution >= 0.6 is 0 Å². The molecule has 144 valence electrons. The van der Waals surface area contributed by atoms with Crippen LogP contribution in [0.3, 0.4) is 0 Å². The minimum Gasteiger partial charge on any atom is -0.507 e. The van der Waals surface area contributed by atoms with Crippen LogP contribution in [0.15, 0.2) is 11.6 Å². The molecule has 1 unspecified atom stereocenters. The van der Waals surface area contributed by atoms with E-state index in [9.17, 15) is 15.0 Å². The number of esters is 1. The number of aliphatic hydroxyl groups is 1. The van der Waals surface area contributed by atoms with Crippen molar-refractivity contribution >= 4 is 5.97 Å². The number of rotatable bonds is 9. The van der Waals surface area contributed by atoms with Crippen molar-refractivity contribution in [3.05, 3.63) is 33.9 Å². The Labute approximate surface area is 153 Å². The first-order valence-electron chi connectivity index (χ1n) is 8.66. The highest BCUT2D eigenvalue weighted by atomic mass is 16.6. The Kier molecular flexibility index (Phi) is 7.02. The van der Waals surface area contributed by atoms with Gasteiger partial charge in [-0.05, 0) is 39.2 Å². The predicted molar refractivity (Wildman–Crippen MR) is 96.2 cm³/mol. The predicted octanol–water partition coefficient (Wildman–Crippen LogP) is 2.16. The number of ether oxygens (including phenoxy) is 2. The van der Waals surface area contributed by atoms with Gasteiger partial charge in [-0.2, -0.15) is 5.48 Å². The summed E-state index contributed by atoms with van der Waals surface area (Å²) in [6, 6.07) is -0.210. The molecule has 26 heavy (non-hydrogen) atoms. The molecule has 0 radical (unpaired) electrons. The number of carbonyl (C=O) groups is 1. The molecule has 0 fully saturated rings. The summed E-state index contributed by atoms with van der Waals surface area (Å²) in [6.07, 6.45) is 2.93. The fourth-order valence-corrected chi connectivity index (χ4v) is 3.12. The van der Waals surface area contributed by atoms with E-state index < -0.39 is 5.97 Å². The first-order valence-corrected chi connectivity index (χ1v) is 8.66. The second kappa shape index (κ2) is 9.02. The van der Waals surface area contributed by atoms with E-state index in [4.69, 9.17) is 14.3 Å². The maximum atomic E-state index is 11.9. The first-order chi connectivity index (χ1) is 12.4. The van der Waals surface area contributed by atoms with Crippen molar-refractivity contribution in [1.29, 1.82) is 0 Å².